The molecule has 2 aromatic rings. The van der Waals surface area contributed by atoms with Gasteiger partial charge in [-0.15, -0.1) is 0 Å². The maximum atomic E-state index is 13.4. The Kier molecular flexibility index (Phi) is 6.17. The molecule has 1 aliphatic heterocycles. The van der Waals surface area contributed by atoms with Crippen molar-refractivity contribution in [2.45, 2.75) is 31.8 Å². The molecule has 0 saturated heterocycles. The summed E-state index contributed by atoms with van der Waals surface area (Å²) >= 11 is 7.04. The summed E-state index contributed by atoms with van der Waals surface area (Å²) in [5.74, 6) is 0.121. The van der Waals surface area contributed by atoms with Gasteiger partial charge >= 0.3 is 0 Å². The lowest BCUT2D eigenvalue weighted by Gasteiger charge is -2.31. The van der Waals surface area contributed by atoms with E-state index >= 15 is 0 Å². The normalized spacial score (nSPS) is 18.4. The molecule has 0 spiro atoms. The van der Waals surface area contributed by atoms with Gasteiger partial charge in [0.2, 0.25) is 5.88 Å². The van der Waals surface area contributed by atoms with Crippen LogP contribution in [0.25, 0.3) is 0 Å². The molecule has 2 N–H and O–H groups in total. The van der Waals surface area contributed by atoms with Gasteiger partial charge in [-0.25, -0.2) is 4.39 Å². The van der Waals surface area contributed by atoms with Crippen molar-refractivity contribution in [2.75, 3.05) is 0 Å². The summed E-state index contributed by atoms with van der Waals surface area (Å²) in [6.07, 6.45) is 1.71. The lowest BCUT2D eigenvalue weighted by atomic mass is 9.77. The van der Waals surface area contributed by atoms with Crippen LogP contribution in [0.1, 0.15) is 36.3 Å². The Morgan fingerprint density at radius 2 is 1.97 bits per heavy atom. The maximum absolute atomic E-state index is 13.4. The number of allylic oxidation sites excluding steroid dienone is 3. The van der Waals surface area contributed by atoms with E-state index in [4.69, 9.17) is 15.2 Å². The number of rotatable bonds is 4. The first-order chi connectivity index (χ1) is 14.9. The Morgan fingerprint density at radius 3 is 2.65 bits per heavy atom. The lowest BCUT2D eigenvalue weighted by Crippen LogP contribution is -2.27. The second-order valence-electron chi connectivity index (χ2n) is 7.27. The molecular formula is C23H17Br2FN2O3. The van der Waals surface area contributed by atoms with E-state index in [9.17, 15) is 14.4 Å². The number of hydrogen-bond acceptors (Lipinski definition) is 5. The van der Waals surface area contributed by atoms with Crippen molar-refractivity contribution in [3.63, 3.8) is 0 Å². The average molecular weight is 548 g/mol. The Balaban J connectivity index is 1.70. The summed E-state index contributed by atoms with van der Waals surface area (Å²) in [5, 5.41) is 9.72. The van der Waals surface area contributed by atoms with Crippen molar-refractivity contribution in [2.24, 2.45) is 5.73 Å². The Morgan fingerprint density at radius 1 is 1.23 bits per heavy atom. The van der Waals surface area contributed by atoms with Crippen LogP contribution in [0, 0.1) is 17.1 Å². The molecule has 0 unspecified atom stereocenters. The van der Waals surface area contributed by atoms with E-state index in [2.05, 4.69) is 37.9 Å². The Labute approximate surface area is 195 Å². The predicted octanol–water partition coefficient (Wildman–Crippen LogP) is 5.74. The van der Waals surface area contributed by atoms with Crippen molar-refractivity contribution in [1.29, 1.82) is 5.26 Å². The molecule has 5 nitrogen and oxygen atoms in total. The number of nitrogens with zero attached hydrogens (tertiary/aromatic N) is 1. The zero-order valence-electron chi connectivity index (χ0n) is 16.3. The quantitative estimate of drug-likeness (QED) is 0.527. The molecule has 0 fully saturated rings. The Hall–Kier alpha value is -2.63. The molecule has 2 aliphatic rings. The number of nitrogens with two attached hydrogens (primary N) is 1. The van der Waals surface area contributed by atoms with Crippen molar-refractivity contribution in [3.8, 4) is 11.8 Å². The molecule has 158 valence electrons. The zero-order chi connectivity index (χ0) is 22.1. The third kappa shape index (κ3) is 4.25. The fraction of sp³-hybridized carbons (Fsp3) is 0.217. The van der Waals surface area contributed by atoms with Crippen LogP contribution in [0.15, 0.2) is 68.1 Å². The maximum Gasteiger partial charge on any atom is 0.205 e. The minimum absolute atomic E-state index is 0.0274. The summed E-state index contributed by atoms with van der Waals surface area (Å²) in [7, 11) is 0. The number of ketones is 1. The van der Waals surface area contributed by atoms with Gasteiger partial charge < -0.3 is 15.2 Å². The first-order valence-electron chi connectivity index (χ1n) is 9.59. The second-order valence-corrected chi connectivity index (χ2v) is 8.98. The summed E-state index contributed by atoms with van der Waals surface area (Å²) in [4.78, 5) is 12.7. The summed E-state index contributed by atoms with van der Waals surface area (Å²) in [6, 6.07) is 11.9. The third-order valence-corrected chi connectivity index (χ3v) is 6.41. The van der Waals surface area contributed by atoms with E-state index in [0.29, 0.717) is 56.4 Å². The first-order valence-corrected chi connectivity index (χ1v) is 11.2. The number of carbonyl (C=O) groups is 1. The van der Waals surface area contributed by atoms with Crippen molar-refractivity contribution in [3.05, 3.63) is 85.1 Å². The highest BCUT2D eigenvalue weighted by atomic mass is 79.9. The number of hydrogen-bond donors (Lipinski definition) is 1. The fourth-order valence-electron chi connectivity index (χ4n) is 3.86. The van der Waals surface area contributed by atoms with Crippen LogP contribution in [0.4, 0.5) is 4.39 Å². The molecule has 0 aromatic heterocycles. The molecule has 8 heteroatoms. The highest BCUT2D eigenvalue weighted by molar-refractivity contribution is 9.11. The molecule has 0 radical (unpaired) electrons. The number of Topliss-reactive ketones (excluding diaryl/α,β-unsaturated/α-hetero) is 1. The SMILES string of the molecule is N#CC1=C(N)OC2=C(C(=O)CCC2)[C@H]1c1cc(Br)c(OCc2cccc(F)c2)c(Br)c1. The standard InChI is InChI=1S/C23H17Br2FN2O3/c24-16-8-13(9-17(25)22(16)30-11-12-3-1-4-14(26)7-12)20-15(10-27)23(28)31-19-6-2-5-18(29)21(19)20/h1,3-4,7-9,20H,2,5-6,11,28H2/t20-/m0/s1. The van der Waals surface area contributed by atoms with E-state index in [1.54, 1.807) is 24.3 Å². The van der Waals surface area contributed by atoms with Crippen LogP contribution in [-0.4, -0.2) is 5.78 Å². The summed E-state index contributed by atoms with van der Waals surface area (Å²) in [6.45, 7) is 0.176. The van der Waals surface area contributed by atoms with Crippen LogP contribution < -0.4 is 10.5 Å². The number of carbonyl (C=O) groups excluding carboxylic acids is 1. The van der Waals surface area contributed by atoms with Crippen LogP contribution in [0.3, 0.4) is 0 Å². The minimum Gasteiger partial charge on any atom is -0.487 e. The van der Waals surface area contributed by atoms with Gasteiger partial charge in [0.25, 0.3) is 0 Å². The van der Waals surface area contributed by atoms with E-state index < -0.39 is 5.92 Å². The van der Waals surface area contributed by atoms with Gasteiger partial charge in [0.15, 0.2) is 5.78 Å². The highest BCUT2D eigenvalue weighted by Gasteiger charge is 2.38. The predicted molar refractivity (Wildman–Crippen MR) is 119 cm³/mol. The molecule has 4 rings (SSSR count). The molecular weight excluding hydrogens is 531 g/mol. The molecule has 1 atom stereocenters. The minimum atomic E-state index is -0.605. The van der Waals surface area contributed by atoms with E-state index in [1.807, 2.05) is 0 Å². The van der Waals surface area contributed by atoms with E-state index in [0.717, 1.165) is 0 Å². The molecule has 31 heavy (non-hydrogen) atoms. The second kappa shape index (κ2) is 8.85. The van der Waals surface area contributed by atoms with E-state index in [-0.39, 0.29) is 29.7 Å². The molecule has 1 heterocycles. The first kappa shape index (κ1) is 21.6. The van der Waals surface area contributed by atoms with Gasteiger partial charge in [-0.1, -0.05) is 12.1 Å². The van der Waals surface area contributed by atoms with Gasteiger partial charge in [0, 0.05) is 18.4 Å². The van der Waals surface area contributed by atoms with Gasteiger partial charge in [0.1, 0.15) is 35.6 Å². The molecule has 0 bridgehead atoms. The lowest BCUT2D eigenvalue weighted by molar-refractivity contribution is -0.116. The van der Waals surface area contributed by atoms with Crippen molar-refractivity contribution >= 4 is 37.6 Å². The topological polar surface area (TPSA) is 85.3 Å². The third-order valence-electron chi connectivity index (χ3n) is 5.23. The highest BCUT2D eigenvalue weighted by Crippen LogP contribution is 2.46. The number of ether oxygens (including phenoxy) is 2. The van der Waals surface area contributed by atoms with Crippen molar-refractivity contribution in [1.82, 2.24) is 0 Å². The van der Waals surface area contributed by atoms with Gasteiger partial charge in [-0.05, 0) is 73.7 Å². The number of benzene rings is 2. The van der Waals surface area contributed by atoms with Gasteiger partial charge in [0.05, 0.1) is 14.9 Å². The smallest absolute Gasteiger partial charge is 0.205 e. The zero-order valence-corrected chi connectivity index (χ0v) is 19.4. The average Bonchev–Trinajstić information content (AvgIpc) is 2.72. The Bertz CT molecular complexity index is 1160. The van der Waals surface area contributed by atoms with E-state index in [1.165, 1.54) is 12.1 Å². The van der Waals surface area contributed by atoms with Crippen molar-refractivity contribution < 1.29 is 18.7 Å². The number of halogens is 3. The monoisotopic (exact) mass is 546 g/mol. The largest absolute Gasteiger partial charge is 0.487 e. The molecule has 0 saturated carbocycles. The van der Waals surface area contributed by atoms with Crippen LogP contribution in [-0.2, 0) is 16.1 Å². The molecule has 1 aliphatic carbocycles. The number of nitriles is 1. The van der Waals surface area contributed by atoms with Crippen LogP contribution >= 0.6 is 31.9 Å². The van der Waals surface area contributed by atoms with Gasteiger partial charge in [-0.3, -0.25) is 4.79 Å². The van der Waals surface area contributed by atoms with Gasteiger partial charge in [-0.2, -0.15) is 5.26 Å². The molecule has 0 amide bonds. The fourth-order valence-corrected chi connectivity index (χ4v) is 5.31. The summed E-state index contributed by atoms with van der Waals surface area (Å²) in [5.41, 5.74) is 8.11. The van der Waals surface area contributed by atoms with Crippen LogP contribution in [0.5, 0.6) is 5.75 Å². The summed E-state index contributed by atoms with van der Waals surface area (Å²) < 4.78 is 26.2. The molecule has 2 aromatic carbocycles. The van der Waals surface area contributed by atoms with Crippen LogP contribution in [0.2, 0.25) is 0 Å².